The molecular weight excluding hydrogens is 264 g/mol. The van der Waals surface area contributed by atoms with Crippen molar-refractivity contribution < 1.29 is 14.0 Å². The largest absolute Gasteiger partial charge is 0.459 e. The van der Waals surface area contributed by atoms with Gasteiger partial charge in [-0.15, -0.1) is 0 Å². The zero-order valence-electron chi connectivity index (χ0n) is 10.8. The van der Waals surface area contributed by atoms with Crippen LogP contribution in [0.25, 0.3) is 0 Å². The lowest BCUT2D eigenvalue weighted by Crippen LogP contribution is -2.47. The molecule has 1 fully saturated rings. The molecule has 1 aliphatic rings. The first kappa shape index (κ1) is 14.0. The number of carbonyl (C=O) groups excluding carboxylic acids is 2. The van der Waals surface area contributed by atoms with E-state index in [9.17, 15) is 9.59 Å². The van der Waals surface area contributed by atoms with Gasteiger partial charge in [-0.05, 0) is 43.4 Å². The van der Waals surface area contributed by atoms with Crippen LogP contribution in [-0.2, 0) is 4.79 Å². The highest BCUT2D eigenvalue weighted by Crippen LogP contribution is 2.19. The average molecular weight is 282 g/mol. The maximum Gasteiger partial charge on any atom is 0.287 e. The van der Waals surface area contributed by atoms with Gasteiger partial charge in [0, 0.05) is 6.04 Å². The third-order valence-electron chi connectivity index (χ3n) is 2.90. The van der Waals surface area contributed by atoms with Crippen LogP contribution in [0.2, 0.25) is 0 Å². The summed E-state index contributed by atoms with van der Waals surface area (Å²) >= 11 is 1.65. The molecule has 2 amide bonds. The van der Waals surface area contributed by atoms with Crippen molar-refractivity contribution >= 4 is 23.6 Å². The summed E-state index contributed by atoms with van der Waals surface area (Å²) in [5.74, 6) is 0.605. The molecule has 2 rings (SSSR count). The lowest BCUT2D eigenvalue weighted by molar-refractivity contribution is -0.123. The highest BCUT2D eigenvalue weighted by Gasteiger charge is 2.28. The fourth-order valence-electron chi connectivity index (χ4n) is 1.67. The number of hydrogen-bond acceptors (Lipinski definition) is 4. The number of amides is 2. The van der Waals surface area contributed by atoms with Gasteiger partial charge >= 0.3 is 0 Å². The van der Waals surface area contributed by atoms with E-state index in [4.69, 9.17) is 4.42 Å². The van der Waals surface area contributed by atoms with E-state index in [0.29, 0.717) is 12.5 Å². The second-order valence-electron chi connectivity index (χ2n) is 4.57. The molecule has 1 aliphatic carbocycles. The van der Waals surface area contributed by atoms with Crippen LogP contribution in [0.3, 0.4) is 0 Å². The first-order valence-electron chi connectivity index (χ1n) is 6.34. The van der Waals surface area contributed by atoms with E-state index in [-0.39, 0.29) is 17.6 Å². The van der Waals surface area contributed by atoms with Crippen LogP contribution < -0.4 is 10.6 Å². The van der Waals surface area contributed by atoms with E-state index in [1.807, 2.05) is 6.26 Å². The lowest BCUT2D eigenvalue weighted by atomic mass is 10.2. The molecule has 5 nitrogen and oxygen atoms in total. The van der Waals surface area contributed by atoms with Crippen molar-refractivity contribution in [2.24, 2.45) is 0 Å². The quantitative estimate of drug-likeness (QED) is 0.793. The predicted octanol–water partition coefficient (Wildman–Crippen LogP) is 1.41. The van der Waals surface area contributed by atoms with E-state index in [0.717, 1.165) is 18.6 Å². The topological polar surface area (TPSA) is 71.3 Å². The van der Waals surface area contributed by atoms with E-state index in [1.54, 1.807) is 23.9 Å². The first-order valence-corrected chi connectivity index (χ1v) is 7.73. The van der Waals surface area contributed by atoms with E-state index in [1.165, 1.54) is 6.26 Å². The minimum absolute atomic E-state index is 0.101. The molecular formula is C13H18N2O3S. The summed E-state index contributed by atoms with van der Waals surface area (Å²) < 4.78 is 5.02. The monoisotopic (exact) mass is 282 g/mol. The van der Waals surface area contributed by atoms with Gasteiger partial charge in [-0.25, -0.2) is 0 Å². The van der Waals surface area contributed by atoms with Crippen molar-refractivity contribution in [1.29, 1.82) is 0 Å². The zero-order chi connectivity index (χ0) is 13.7. The Morgan fingerprint density at radius 3 is 2.89 bits per heavy atom. The summed E-state index contributed by atoms with van der Waals surface area (Å²) in [6, 6.07) is 3.03. The molecule has 1 aromatic heterocycles. The van der Waals surface area contributed by atoms with E-state index < -0.39 is 6.04 Å². The summed E-state index contributed by atoms with van der Waals surface area (Å²) in [6.07, 6.45) is 6.10. The van der Waals surface area contributed by atoms with Gasteiger partial charge in [-0.1, -0.05) is 0 Å². The van der Waals surface area contributed by atoms with Crippen LogP contribution in [-0.4, -0.2) is 35.9 Å². The Morgan fingerprint density at radius 2 is 2.32 bits per heavy atom. The molecule has 104 valence electrons. The third kappa shape index (κ3) is 4.31. The van der Waals surface area contributed by atoms with Crippen LogP contribution in [0.4, 0.5) is 0 Å². The first-order chi connectivity index (χ1) is 9.20. The van der Waals surface area contributed by atoms with Crippen molar-refractivity contribution in [1.82, 2.24) is 10.6 Å². The van der Waals surface area contributed by atoms with Gasteiger partial charge in [-0.2, -0.15) is 11.8 Å². The fourth-order valence-corrected chi connectivity index (χ4v) is 2.14. The zero-order valence-corrected chi connectivity index (χ0v) is 11.7. The Balaban J connectivity index is 1.91. The molecule has 0 spiro atoms. The van der Waals surface area contributed by atoms with Gasteiger partial charge in [0.05, 0.1) is 6.26 Å². The molecule has 1 unspecified atom stereocenters. The van der Waals surface area contributed by atoms with Crippen LogP contribution in [0.5, 0.6) is 0 Å². The lowest BCUT2D eigenvalue weighted by Gasteiger charge is -2.17. The van der Waals surface area contributed by atoms with Gasteiger partial charge in [0.25, 0.3) is 5.91 Å². The number of furan rings is 1. The number of hydrogen-bond donors (Lipinski definition) is 2. The molecule has 0 aliphatic heterocycles. The van der Waals surface area contributed by atoms with Crippen LogP contribution in [0.15, 0.2) is 22.8 Å². The molecule has 0 saturated heterocycles. The Kier molecular flexibility index (Phi) is 4.90. The summed E-state index contributed by atoms with van der Waals surface area (Å²) in [5, 5.41) is 5.65. The minimum atomic E-state index is -0.495. The Labute approximate surface area is 116 Å². The van der Waals surface area contributed by atoms with Crippen molar-refractivity contribution in [3.05, 3.63) is 24.2 Å². The van der Waals surface area contributed by atoms with Crippen molar-refractivity contribution in [2.75, 3.05) is 12.0 Å². The second kappa shape index (κ2) is 6.65. The maximum absolute atomic E-state index is 12.0. The molecule has 1 aromatic rings. The molecule has 6 heteroatoms. The van der Waals surface area contributed by atoms with Crippen LogP contribution in [0, 0.1) is 0 Å². The summed E-state index contributed by atoms with van der Waals surface area (Å²) in [4.78, 5) is 23.9. The van der Waals surface area contributed by atoms with E-state index >= 15 is 0 Å². The van der Waals surface area contributed by atoms with Gasteiger partial charge in [0.15, 0.2) is 5.76 Å². The van der Waals surface area contributed by atoms with Gasteiger partial charge < -0.3 is 15.1 Å². The molecule has 0 aromatic carbocycles. The molecule has 2 N–H and O–H groups in total. The Morgan fingerprint density at radius 1 is 1.53 bits per heavy atom. The molecule has 0 radical (unpaired) electrons. The van der Waals surface area contributed by atoms with Gasteiger partial charge in [-0.3, -0.25) is 9.59 Å². The summed E-state index contributed by atoms with van der Waals surface area (Å²) in [7, 11) is 0. The smallest absolute Gasteiger partial charge is 0.287 e. The normalized spacial score (nSPS) is 15.8. The number of rotatable bonds is 7. The highest BCUT2D eigenvalue weighted by molar-refractivity contribution is 7.98. The average Bonchev–Trinajstić information content (AvgIpc) is 3.04. The molecule has 1 saturated carbocycles. The predicted molar refractivity (Wildman–Crippen MR) is 74.1 cm³/mol. The highest BCUT2D eigenvalue weighted by atomic mass is 32.2. The summed E-state index contributed by atoms with van der Waals surface area (Å²) in [5.41, 5.74) is 0. The Bertz CT molecular complexity index is 429. The van der Waals surface area contributed by atoms with Crippen molar-refractivity contribution in [2.45, 2.75) is 31.3 Å². The van der Waals surface area contributed by atoms with Crippen LogP contribution >= 0.6 is 11.8 Å². The van der Waals surface area contributed by atoms with Crippen molar-refractivity contribution in [3.63, 3.8) is 0 Å². The van der Waals surface area contributed by atoms with Crippen LogP contribution in [0.1, 0.15) is 29.8 Å². The van der Waals surface area contributed by atoms with E-state index in [2.05, 4.69) is 10.6 Å². The maximum atomic E-state index is 12.0. The number of thioether (sulfide) groups is 1. The minimum Gasteiger partial charge on any atom is -0.459 e. The standard InChI is InChI=1S/C13H18N2O3S/c1-19-8-6-10(12(16)14-9-4-5-9)15-13(17)11-3-2-7-18-11/h2-3,7,9-10H,4-6,8H2,1H3,(H,14,16)(H,15,17). The molecule has 1 heterocycles. The van der Waals surface area contributed by atoms with Gasteiger partial charge in [0.2, 0.25) is 5.91 Å². The summed E-state index contributed by atoms with van der Waals surface area (Å²) in [6.45, 7) is 0. The number of carbonyl (C=O) groups is 2. The second-order valence-corrected chi connectivity index (χ2v) is 5.55. The van der Waals surface area contributed by atoms with Crippen molar-refractivity contribution in [3.8, 4) is 0 Å². The SMILES string of the molecule is CSCCC(NC(=O)c1ccco1)C(=O)NC1CC1. The fraction of sp³-hybridized carbons (Fsp3) is 0.538. The number of nitrogens with one attached hydrogen (secondary N) is 2. The third-order valence-corrected chi connectivity index (χ3v) is 3.55. The Hall–Kier alpha value is -1.43. The van der Waals surface area contributed by atoms with Gasteiger partial charge in [0.1, 0.15) is 6.04 Å². The molecule has 19 heavy (non-hydrogen) atoms. The molecule has 0 bridgehead atoms. The molecule has 1 atom stereocenters.